The minimum absolute atomic E-state index is 0.217. The summed E-state index contributed by atoms with van der Waals surface area (Å²) in [5.41, 5.74) is 4.53. The fourth-order valence-corrected chi connectivity index (χ4v) is 3.30. The van der Waals surface area contributed by atoms with Crippen LogP contribution in [0.5, 0.6) is 0 Å². The van der Waals surface area contributed by atoms with E-state index in [4.69, 9.17) is 5.10 Å². The molecule has 1 aromatic heterocycles. The molecule has 2 nitrogen and oxygen atoms in total. The van der Waals surface area contributed by atoms with Gasteiger partial charge in [-0.25, -0.2) is 0 Å². The minimum Gasteiger partial charge on any atom is -0.269 e. The third-order valence-electron chi connectivity index (χ3n) is 2.87. The number of aryl methyl sites for hydroxylation is 2. The highest BCUT2D eigenvalue weighted by atomic mass is 32.2. The minimum atomic E-state index is 0.217. The van der Waals surface area contributed by atoms with Crippen LogP contribution in [0.1, 0.15) is 44.6 Å². The predicted octanol–water partition coefficient (Wildman–Crippen LogP) is 2.99. The van der Waals surface area contributed by atoms with Gasteiger partial charge in [0.1, 0.15) is 0 Å². The molecule has 0 saturated carbocycles. The Bertz CT molecular complexity index is 360. The molecule has 84 valence electrons. The first-order valence-corrected chi connectivity index (χ1v) is 6.86. The summed E-state index contributed by atoms with van der Waals surface area (Å²) >= 11 is 2.04. The molecule has 3 heteroatoms. The largest absolute Gasteiger partial charge is 0.269 e. The Kier molecular flexibility index (Phi) is 2.84. The Morgan fingerprint density at radius 1 is 1.40 bits per heavy atom. The first kappa shape index (κ1) is 11.1. The standard InChI is InChI=1S/C12H20N2S/c1-5-14-11(12(2,3)4)9-8-15-7-6-10(9)13-14/h5-8H2,1-4H3. The van der Waals surface area contributed by atoms with Crippen molar-refractivity contribution < 1.29 is 0 Å². The van der Waals surface area contributed by atoms with Gasteiger partial charge in [0.25, 0.3) is 0 Å². The van der Waals surface area contributed by atoms with Gasteiger partial charge in [0.05, 0.1) is 5.69 Å². The summed E-state index contributed by atoms with van der Waals surface area (Å²) in [6, 6.07) is 0. The van der Waals surface area contributed by atoms with E-state index in [1.54, 1.807) is 0 Å². The maximum Gasteiger partial charge on any atom is 0.0676 e. The lowest BCUT2D eigenvalue weighted by Crippen LogP contribution is -2.20. The van der Waals surface area contributed by atoms with Crippen molar-refractivity contribution in [3.8, 4) is 0 Å². The van der Waals surface area contributed by atoms with Crippen molar-refractivity contribution in [1.82, 2.24) is 9.78 Å². The monoisotopic (exact) mass is 224 g/mol. The molecule has 0 radical (unpaired) electrons. The zero-order chi connectivity index (χ0) is 11.1. The summed E-state index contributed by atoms with van der Waals surface area (Å²) in [7, 11) is 0. The van der Waals surface area contributed by atoms with Gasteiger partial charge in [0.15, 0.2) is 0 Å². The summed E-state index contributed by atoms with van der Waals surface area (Å²) in [5.74, 6) is 2.39. The highest BCUT2D eigenvalue weighted by Gasteiger charge is 2.27. The van der Waals surface area contributed by atoms with E-state index in [0.29, 0.717) is 0 Å². The summed E-state index contributed by atoms with van der Waals surface area (Å²) in [4.78, 5) is 0. The molecule has 0 bridgehead atoms. The van der Waals surface area contributed by atoms with Crippen LogP contribution in [-0.2, 0) is 24.1 Å². The van der Waals surface area contributed by atoms with E-state index in [2.05, 4.69) is 32.4 Å². The molecule has 0 spiro atoms. The second-order valence-electron chi connectivity index (χ2n) is 5.14. The Labute approximate surface area is 96.4 Å². The summed E-state index contributed by atoms with van der Waals surface area (Å²) in [6.07, 6.45) is 1.15. The molecule has 0 aromatic carbocycles. The Balaban J connectivity index is 2.54. The van der Waals surface area contributed by atoms with E-state index >= 15 is 0 Å². The summed E-state index contributed by atoms with van der Waals surface area (Å²) in [5, 5.41) is 4.74. The zero-order valence-corrected chi connectivity index (χ0v) is 10.9. The van der Waals surface area contributed by atoms with Crippen molar-refractivity contribution in [3.63, 3.8) is 0 Å². The Morgan fingerprint density at radius 2 is 2.13 bits per heavy atom. The average Bonchev–Trinajstić information content (AvgIpc) is 2.54. The molecule has 0 atom stereocenters. The third kappa shape index (κ3) is 1.94. The van der Waals surface area contributed by atoms with Crippen molar-refractivity contribution in [3.05, 3.63) is 17.0 Å². The molecular formula is C12H20N2S. The molecule has 2 heterocycles. The molecular weight excluding hydrogens is 204 g/mol. The number of aromatic nitrogens is 2. The molecule has 1 aliphatic rings. The lowest BCUT2D eigenvalue weighted by molar-refractivity contribution is 0.494. The van der Waals surface area contributed by atoms with Gasteiger partial charge in [-0.1, -0.05) is 20.8 Å². The van der Waals surface area contributed by atoms with Crippen LogP contribution in [0.25, 0.3) is 0 Å². The van der Waals surface area contributed by atoms with Gasteiger partial charge in [0.2, 0.25) is 0 Å². The second-order valence-corrected chi connectivity index (χ2v) is 6.25. The van der Waals surface area contributed by atoms with Gasteiger partial charge < -0.3 is 0 Å². The number of nitrogens with zero attached hydrogens (tertiary/aromatic N) is 2. The quantitative estimate of drug-likeness (QED) is 0.730. The van der Waals surface area contributed by atoms with Crippen molar-refractivity contribution in [2.75, 3.05) is 5.75 Å². The van der Waals surface area contributed by atoms with Crippen molar-refractivity contribution in [1.29, 1.82) is 0 Å². The molecule has 0 unspecified atom stereocenters. The second kappa shape index (κ2) is 3.85. The molecule has 15 heavy (non-hydrogen) atoms. The number of thioether (sulfide) groups is 1. The van der Waals surface area contributed by atoms with Crippen molar-refractivity contribution >= 4 is 11.8 Å². The molecule has 0 saturated heterocycles. The normalized spacial score (nSPS) is 16.5. The lowest BCUT2D eigenvalue weighted by atomic mass is 9.88. The lowest BCUT2D eigenvalue weighted by Gasteiger charge is -2.23. The van der Waals surface area contributed by atoms with Crippen LogP contribution in [-0.4, -0.2) is 15.5 Å². The number of hydrogen-bond donors (Lipinski definition) is 0. The van der Waals surface area contributed by atoms with Crippen LogP contribution < -0.4 is 0 Å². The Morgan fingerprint density at radius 3 is 2.73 bits per heavy atom. The van der Waals surface area contributed by atoms with Crippen molar-refractivity contribution in [2.45, 2.75) is 51.8 Å². The van der Waals surface area contributed by atoms with E-state index in [9.17, 15) is 0 Å². The van der Waals surface area contributed by atoms with Gasteiger partial charge >= 0.3 is 0 Å². The van der Waals surface area contributed by atoms with Crippen LogP contribution in [0.4, 0.5) is 0 Å². The van der Waals surface area contributed by atoms with E-state index < -0.39 is 0 Å². The van der Waals surface area contributed by atoms with E-state index in [0.717, 1.165) is 18.7 Å². The smallest absolute Gasteiger partial charge is 0.0676 e. The van der Waals surface area contributed by atoms with Crippen LogP contribution >= 0.6 is 11.8 Å². The summed E-state index contributed by atoms with van der Waals surface area (Å²) < 4.78 is 2.20. The van der Waals surface area contributed by atoms with Crippen LogP contribution in [0.2, 0.25) is 0 Å². The molecule has 1 aromatic rings. The highest BCUT2D eigenvalue weighted by molar-refractivity contribution is 7.98. The van der Waals surface area contributed by atoms with Gasteiger partial charge in [-0.05, 0) is 12.7 Å². The number of rotatable bonds is 1. The van der Waals surface area contributed by atoms with Gasteiger partial charge in [0, 0.05) is 35.4 Å². The average molecular weight is 224 g/mol. The molecule has 0 fully saturated rings. The van der Waals surface area contributed by atoms with Crippen molar-refractivity contribution in [2.24, 2.45) is 0 Å². The first-order valence-electron chi connectivity index (χ1n) is 5.71. The Hall–Kier alpha value is -0.440. The molecule has 0 amide bonds. The highest BCUT2D eigenvalue weighted by Crippen LogP contribution is 2.34. The van der Waals surface area contributed by atoms with E-state index in [1.165, 1.54) is 22.7 Å². The SMILES string of the molecule is CCn1nc2c(c1C(C)(C)C)CSCC2. The van der Waals surface area contributed by atoms with Crippen LogP contribution in [0.15, 0.2) is 0 Å². The van der Waals surface area contributed by atoms with Crippen LogP contribution in [0.3, 0.4) is 0 Å². The van der Waals surface area contributed by atoms with Crippen LogP contribution in [0, 0.1) is 0 Å². The maximum absolute atomic E-state index is 4.74. The maximum atomic E-state index is 4.74. The zero-order valence-electron chi connectivity index (χ0n) is 10.1. The predicted molar refractivity (Wildman–Crippen MR) is 66.5 cm³/mol. The topological polar surface area (TPSA) is 17.8 Å². The van der Waals surface area contributed by atoms with Gasteiger partial charge in [-0.15, -0.1) is 0 Å². The summed E-state index contributed by atoms with van der Waals surface area (Å²) in [6.45, 7) is 10.0. The number of hydrogen-bond acceptors (Lipinski definition) is 2. The number of fused-ring (bicyclic) bond motifs is 1. The third-order valence-corrected chi connectivity index (χ3v) is 3.86. The first-order chi connectivity index (χ1) is 7.04. The fourth-order valence-electron chi connectivity index (χ4n) is 2.31. The molecule has 0 aliphatic carbocycles. The van der Waals surface area contributed by atoms with E-state index in [1.807, 2.05) is 11.8 Å². The molecule has 0 N–H and O–H groups in total. The van der Waals surface area contributed by atoms with Gasteiger partial charge in [-0.2, -0.15) is 16.9 Å². The van der Waals surface area contributed by atoms with Gasteiger partial charge in [-0.3, -0.25) is 4.68 Å². The molecule has 1 aliphatic heterocycles. The fraction of sp³-hybridized carbons (Fsp3) is 0.750. The molecule has 2 rings (SSSR count). The van der Waals surface area contributed by atoms with E-state index in [-0.39, 0.29) is 5.41 Å².